The Labute approximate surface area is 112 Å². The first-order chi connectivity index (χ1) is 8.13. The van der Waals surface area contributed by atoms with E-state index < -0.39 is 5.60 Å². The Kier molecular flexibility index (Phi) is 4.26. The lowest BCUT2D eigenvalue weighted by molar-refractivity contribution is -0.0163. The van der Waals surface area contributed by atoms with Crippen LogP contribution in [0, 0.1) is 5.92 Å². The highest BCUT2D eigenvalue weighted by Crippen LogP contribution is 2.37. The van der Waals surface area contributed by atoms with Crippen molar-refractivity contribution in [3.8, 4) is 0 Å². The lowest BCUT2D eigenvalue weighted by Crippen LogP contribution is -2.37. The summed E-state index contributed by atoms with van der Waals surface area (Å²) in [5.41, 5.74) is 0.745. The van der Waals surface area contributed by atoms with E-state index in [9.17, 15) is 5.11 Å². The second kappa shape index (κ2) is 5.53. The van der Waals surface area contributed by atoms with Gasteiger partial charge in [-0.3, -0.25) is 0 Å². The van der Waals surface area contributed by atoms with Gasteiger partial charge in [0.25, 0.3) is 0 Å². The van der Waals surface area contributed by atoms with Gasteiger partial charge in [-0.2, -0.15) is 0 Å². The highest BCUT2D eigenvalue weighted by molar-refractivity contribution is 9.10. The summed E-state index contributed by atoms with van der Waals surface area (Å²) in [6.07, 6.45) is 6.34. The van der Waals surface area contributed by atoms with Crippen molar-refractivity contribution in [3.05, 3.63) is 34.3 Å². The minimum atomic E-state index is -0.483. The van der Waals surface area contributed by atoms with E-state index in [0.717, 1.165) is 23.7 Å². The molecule has 1 aromatic carbocycles. The van der Waals surface area contributed by atoms with Gasteiger partial charge in [0.15, 0.2) is 0 Å². The van der Waals surface area contributed by atoms with Crippen LogP contribution in [0.15, 0.2) is 28.7 Å². The Morgan fingerprint density at radius 3 is 2.88 bits per heavy atom. The van der Waals surface area contributed by atoms with Crippen LogP contribution in [0.1, 0.15) is 44.6 Å². The van der Waals surface area contributed by atoms with Gasteiger partial charge in [-0.25, -0.2) is 0 Å². The molecular formula is C15H21BrO. The summed E-state index contributed by atoms with van der Waals surface area (Å²) in [6, 6.07) is 8.23. The third-order valence-electron chi connectivity index (χ3n) is 3.98. The summed E-state index contributed by atoms with van der Waals surface area (Å²) >= 11 is 3.57. The van der Waals surface area contributed by atoms with Gasteiger partial charge in [-0.05, 0) is 30.4 Å². The van der Waals surface area contributed by atoms with Gasteiger partial charge in [0, 0.05) is 10.9 Å². The molecule has 2 heteroatoms. The quantitative estimate of drug-likeness (QED) is 0.880. The predicted molar refractivity (Wildman–Crippen MR) is 75.0 cm³/mol. The number of benzene rings is 1. The van der Waals surface area contributed by atoms with Crippen molar-refractivity contribution in [2.75, 3.05) is 0 Å². The van der Waals surface area contributed by atoms with E-state index in [1.54, 1.807) is 0 Å². The Hall–Kier alpha value is -0.340. The minimum absolute atomic E-state index is 0.483. The van der Waals surface area contributed by atoms with Crippen LogP contribution in [-0.4, -0.2) is 10.7 Å². The van der Waals surface area contributed by atoms with Crippen LogP contribution >= 0.6 is 15.9 Å². The fourth-order valence-electron chi connectivity index (χ4n) is 2.97. The topological polar surface area (TPSA) is 20.2 Å². The van der Waals surface area contributed by atoms with Crippen LogP contribution in [0.2, 0.25) is 0 Å². The SMILES string of the molecule is CCC1CCCC(O)(Cc2ccccc2Br)C1. The van der Waals surface area contributed by atoms with Gasteiger partial charge >= 0.3 is 0 Å². The Balaban J connectivity index is 2.09. The van der Waals surface area contributed by atoms with Gasteiger partial charge in [-0.1, -0.05) is 60.3 Å². The number of halogens is 1. The maximum Gasteiger partial charge on any atom is 0.0691 e. The van der Waals surface area contributed by atoms with Crippen molar-refractivity contribution in [2.45, 2.75) is 51.0 Å². The van der Waals surface area contributed by atoms with Crippen LogP contribution in [0.25, 0.3) is 0 Å². The molecule has 17 heavy (non-hydrogen) atoms. The van der Waals surface area contributed by atoms with Gasteiger partial charge in [0.05, 0.1) is 5.60 Å². The molecule has 94 valence electrons. The Morgan fingerprint density at radius 2 is 2.18 bits per heavy atom. The molecule has 1 aliphatic carbocycles. The second-order valence-corrected chi connectivity index (χ2v) is 6.22. The molecule has 0 saturated heterocycles. The molecule has 0 aliphatic heterocycles. The van der Waals surface area contributed by atoms with Gasteiger partial charge in [0.1, 0.15) is 0 Å². The van der Waals surface area contributed by atoms with E-state index >= 15 is 0 Å². The van der Waals surface area contributed by atoms with Gasteiger partial charge < -0.3 is 5.11 Å². The van der Waals surface area contributed by atoms with Crippen molar-refractivity contribution >= 4 is 15.9 Å². The summed E-state index contributed by atoms with van der Waals surface area (Å²) in [5, 5.41) is 10.7. The molecule has 1 nitrogen and oxygen atoms in total. The van der Waals surface area contributed by atoms with Crippen molar-refractivity contribution in [3.63, 3.8) is 0 Å². The van der Waals surface area contributed by atoms with E-state index in [2.05, 4.69) is 35.0 Å². The number of hydrogen-bond donors (Lipinski definition) is 1. The van der Waals surface area contributed by atoms with E-state index in [1.165, 1.54) is 24.8 Å². The first-order valence-corrected chi connectivity index (χ1v) is 7.38. The molecule has 1 aliphatic rings. The van der Waals surface area contributed by atoms with Crippen molar-refractivity contribution in [2.24, 2.45) is 5.92 Å². The zero-order valence-electron chi connectivity index (χ0n) is 10.5. The van der Waals surface area contributed by atoms with Crippen molar-refractivity contribution in [1.29, 1.82) is 0 Å². The maximum absolute atomic E-state index is 10.7. The first-order valence-electron chi connectivity index (χ1n) is 6.59. The molecule has 2 unspecified atom stereocenters. The monoisotopic (exact) mass is 296 g/mol. The molecule has 0 heterocycles. The molecule has 1 saturated carbocycles. The number of aliphatic hydroxyl groups is 1. The lowest BCUT2D eigenvalue weighted by Gasteiger charge is -2.37. The van der Waals surface area contributed by atoms with Crippen LogP contribution in [0.4, 0.5) is 0 Å². The lowest BCUT2D eigenvalue weighted by atomic mass is 9.74. The van der Waals surface area contributed by atoms with Crippen LogP contribution in [-0.2, 0) is 6.42 Å². The molecule has 2 atom stereocenters. The van der Waals surface area contributed by atoms with Crippen LogP contribution in [0.3, 0.4) is 0 Å². The molecule has 0 aromatic heterocycles. The molecule has 0 spiro atoms. The normalized spacial score (nSPS) is 29.2. The molecule has 1 fully saturated rings. The summed E-state index contributed by atoms with van der Waals surface area (Å²) in [5.74, 6) is 0.705. The summed E-state index contributed by atoms with van der Waals surface area (Å²) in [6.45, 7) is 2.23. The predicted octanol–water partition coefficient (Wildman–Crippen LogP) is 4.32. The third kappa shape index (κ3) is 3.32. The molecule has 0 amide bonds. The van der Waals surface area contributed by atoms with Gasteiger partial charge in [0.2, 0.25) is 0 Å². The standard InChI is InChI=1S/C15H21BrO/c1-2-12-6-5-9-15(17,10-12)11-13-7-3-4-8-14(13)16/h3-4,7-8,12,17H,2,5-6,9-11H2,1H3. The zero-order chi connectivity index (χ0) is 12.3. The number of rotatable bonds is 3. The minimum Gasteiger partial charge on any atom is -0.390 e. The molecule has 0 radical (unpaired) electrons. The van der Waals surface area contributed by atoms with Crippen molar-refractivity contribution < 1.29 is 5.11 Å². The summed E-state index contributed by atoms with van der Waals surface area (Å²) < 4.78 is 1.12. The van der Waals surface area contributed by atoms with E-state index in [4.69, 9.17) is 0 Å². The van der Waals surface area contributed by atoms with E-state index in [-0.39, 0.29) is 0 Å². The number of hydrogen-bond acceptors (Lipinski definition) is 1. The average Bonchev–Trinajstić information content (AvgIpc) is 2.32. The average molecular weight is 297 g/mol. The van der Waals surface area contributed by atoms with Crippen molar-refractivity contribution in [1.82, 2.24) is 0 Å². The largest absolute Gasteiger partial charge is 0.390 e. The first kappa shape index (κ1) is 13.1. The fourth-order valence-corrected chi connectivity index (χ4v) is 3.39. The maximum atomic E-state index is 10.7. The summed E-state index contributed by atoms with van der Waals surface area (Å²) in [4.78, 5) is 0. The third-order valence-corrected chi connectivity index (χ3v) is 4.75. The molecular weight excluding hydrogens is 276 g/mol. The fraction of sp³-hybridized carbons (Fsp3) is 0.600. The second-order valence-electron chi connectivity index (χ2n) is 5.36. The highest BCUT2D eigenvalue weighted by atomic mass is 79.9. The summed E-state index contributed by atoms with van der Waals surface area (Å²) in [7, 11) is 0. The smallest absolute Gasteiger partial charge is 0.0691 e. The van der Waals surface area contributed by atoms with Gasteiger partial charge in [-0.15, -0.1) is 0 Å². The Bertz CT molecular complexity index is 377. The molecule has 2 rings (SSSR count). The molecule has 1 aromatic rings. The van der Waals surface area contributed by atoms with E-state index in [0.29, 0.717) is 5.92 Å². The zero-order valence-corrected chi connectivity index (χ0v) is 12.0. The van der Waals surface area contributed by atoms with Crippen LogP contribution < -0.4 is 0 Å². The molecule has 0 bridgehead atoms. The highest BCUT2D eigenvalue weighted by Gasteiger charge is 2.33. The Morgan fingerprint density at radius 1 is 1.41 bits per heavy atom. The molecule has 1 N–H and O–H groups in total. The van der Waals surface area contributed by atoms with Crippen LogP contribution in [0.5, 0.6) is 0 Å². The van der Waals surface area contributed by atoms with E-state index in [1.807, 2.05) is 12.1 Å².